The predicted octanol–water partition coefficient (Wildman–Crippen LogP) is 1.39. The molecular weight excluding hydrogens is 178 g/mol. The number of rotatable bonds is 4. The van der Waals surface area contributed by atoms with Crippen LogP contribution in [0.25, 0.3) is 0 Å². The van der Waals surface area contributed by atoms with Gasteiger partial charge in [0.15, 0.2) is 0 Å². The first-order valence-corrected chi connectivity index (χ1v) is 5.16. The van der Waals surface area contributed by atoms with Gasteiger partial charge in [0.25, 0.3) is 0 Å². The van der Waals surface area contributed by atoms with E-state index in [0.29, 0.717) is 6.04 Å². The highest BCUT2D eigenvalue weighted by molar-refractivity contribution is 5.73. The zero-order valence-corrected chi connectivity index (χ0v) is 8.33. The Hall–Kier alpha value is -1.01. The number of carbonyl (C=O) groups is 1. The third kappa shape index (κ3) is 3.39. The van der Waals surface area contributed by atoms with Gasteiger partial charge in [-0.2, -0.15) is 0 Å². The Kier molecular flexibility index (Phi) is 4.48. The Balaban J connectivity index is 2.38. The van der Waals surface area contributed by atoms with E-state index in [4.69, 9.17) is 11.5 Å². The van der Waals surface area contributed by atoms with E-state index in [2.05, 4.69) is 11.2 Å². The first kappa shape index (κ1) is 11.1. The van der Waals surface area contributed by atoms with Crippen molar-refractivity contribution in [3.05, 3.63) is 0 Å². The molecule has 1 saturated carbocycles. The second-order valence-electron chi connectivity index (χ2n) is 3.80. The van der Waals surface area contributed by atoms with Crippen LogP contribution in [0, 0.1) is 12.3 Å². The average Bonchev–Trinajstić information content (AvgIpc) is 2.18. The van der Waals surface area contributed by atoms with Crippen molar-refractivity contribution < 1.29 is 9.90 Å². The summed E-state index contributed by atoms with van der Waals surface area (Å²) in [7, 11) is 0. The molecule has 2 N–H and O–H groups in total. The molecule has 0 saturated heterocycles. The average molecular weight is 195 g/mol. The van der Waals surface area contributed by atoms with E-state index in [9.17, 15) is 4.79 Å². The van der Waals surface area contributed by atoms with Gasteiger partial charge in [0.2, 0.25) is 0 Å². The van der Waals surface area contributed by atoms with Crippen molar-refractivity contribution in [3.8, 4) is 12.3 Å². The number of aliphatic carboxylic acids is 1. The molecule has 0 aliphatic heterocycles. The summed E-state index contributed by atoms with van der Waals surface area (Å²) in [5, 5.41) is 12.0. The smallest absolute Gasteiger partial charge is 0.321 e. The fourth-order valence-corrected chi connectivity index (χ4v) is 1.89. The minimum atomic E-state index is -0.839. The molecule has 0 bridgehead atoms. The number of terminal acetylenes is 1. The fourth-order valence-electron chi connectivity index (χ4n) is 1.89. The summed E-state index contributed by atoms with van der Waals surface area (Å²) in [5.41, 5.74) is 0. The second-order valence-corrected chi connectivity index (χ2v) is 3.80. The monoisotopic (exact) mass is 195 g/mol. The maximum Gasteiger partial charge on any atom is 0.321 e. The van der Waals surface area contributed by atoms with E-state index in [-0.39, 0.29) is 6.42 Å². The molecule has 1 rings (SSSR count). The van der Waals surface area contributed by atoms with Gasteiger partial charge in [-0.1, -0.05) is 19.3 Å². The molecule has 78 valence electrons. The normalized spacial score (nSPS) is 19.9. The molecule has 3 nitrogen and oxygen atoms in total. The molecular formula is C11H17NO2. The lowest BCUT2D eigenvalue weighted by Crippen LogP contribution is -2.43. The summed E-state index contributed by atoms with van der Waals surface area (Å²) in [6.45, 7) is 0. The lowest BCUT2D eigenvalue weighted by molar-refractivity contribution is -0.139. The first-order valence-electron chi connectivity index (χ1n) is 5.16. The largest absolute Gasteiger partial charge is 0.480 e. The van der Waals surface area contributed by atoms with Crippen LogP contribution in [0.2, 0.25) is 0 Å². The van der Waals surface area contributed by atoms with E-state index in [1.807, 2.05) is 0 Å². The first-order chi connectivity index (χ1) is 6.74. The van der Waals surface area contributed by atoms with Crippen molar-refractivity contribution in [3.63, 3.8) is 0 Å². The van der Waals surface area contributed by atoms with Gasteiger partial charge in [0, 0.05) is 12.5 Å². The van der Waals surface area contributed by atoms with Gasteiger partial charge in [-0.3, -0.25) is 4.79 Å². The van der Waals surface area contributed by atoms with Crippen molar-refractivity contribution >= 4 is 5.97 Å². The van der Waals surface area contributed by atoms with E-state index in [1.54, 1.807) is 0 Å². The molecule has 0 aromatic rings. The molecule has 3 heteroatoms. The lowest BCUT2D eigenvalue weighted by Gasteiger charge is -2.25. The van der Waals surface area contributed by atoms with E-state index >= 15 is 0 Å². The quantitative estimate of drug-likeness (QED) is 0.666. The number of carboxylic acids is 1. The summed E-state index contributed by atoms with van der Waals surface area (Å²) in [6.07, 6.45) is 11.2. The minimum absolute atomic E-state index is 0.270. The molecule has 0 aromatic carbocycles. The van der Waals surface area contributed by atoms with Gasteiger partial charge in [-0.25, -0.2) is 0 Å². The highest BCUT2D eigenvalue weighted by atomic mass is 16.4. The van der Waals surface area contributed by atoms with Crippen molar-refractivity contribution in [1.82, 2.24) is 5.32 Å². The van der Waals surface area contributed by atoms with Gasteiger partial charge in [-0.05, 0) is 12.8 Å². The standard InChI is InChI=1S/C11H17NO2/c1-2-6-10(11(13)14)12-9-7-4-3-5-8-9/h1,9-10,12H,3-8H2,(H,13,14). The predicted molar refractivity (Wildman–Crippen MR) is 54.9 cm³/mol. The Morgan fingerprint density at radius 2 is 2.14 bits per heavy atom. The van der Waals surface area contributed by atoms with E-state index in [0.717, 1.165) is 12.8 Å². The van der Waals surface area contributed by atoms with Crippen LogP contribution in [-0.4, -0.2) is 23.2 Å². The maximum absolute atomic E-state index is 10.8. The summed E-state index contributed by atoms with van der Waals surface area (Å²) in [4.78, 5) is 10.8. The number of hydrogen-bond donors (Lipinski definition) is 2. The molecule has 0 amide bonds. The van der Waals surface area contributed by atoms with Crippen molar-refractivity contribution in [1.29, 1.82) is 0 Å². The summed E-state index contributed by atoms with van der Waals surface area (Å²) in [6, 6.07) is -0.221. The minimum Gasteiger partial charge on any atom is -0.480 e. The molecule has 1 aliphatic carbocycles. The van der Waals surface area contributed by atoms with Crippen LogP contribution >= 0.6 is 0 Å². The third-order valence-electron chi connectivity index (χ3n) is 2.66. The zero-order chi connectivity index (χ0) is 10.4. The van der Waals surface area contributed by atoms with Crippen molar-refractivity contribution in [2.75, 3.05) is 0 Å². The van der Waals surface area contributed by atoms with Gasteiger partial charge < -0.3 is 10.4 Å². The molecule has 1 unspecified atom stereocenters. The highest BCUT2D eigenvalue weighted by Crippen LogP contribution is 2.18. The zero-order valence-electron chi connectivity index (χ0n) is 8.33. The third-order valence-corrected chi connectivity index (χ3v) is 2.66. The van der Waals surface area contributed by atoms with Gasteiger partial charge in [0.05, 0.1) is 0 Å². The molecule has 0 spiro atoms. The highest BCUT2D eigenvalue weighted by Gasteiger charge is 2.21. The van der Waals surface area contributed by atoms with Crippen molar-refractivity contribution in [2.24, 2.45) is 0 Å². The Morgan fingerprint density at radius 1 is 1.50 bits per heavy atom. The molecule has 0 aromatic heterocycles. The summed E-state index contributed by atoms with van der Waals surface area (Å²) in [5.74, 6) is 1.56. The topological polar surface area (TPSA) is 49.3 Å². The van der Waals surface area contributed by atoms with E-state index in [1.165, 1.54) is 19.3 Å². The van der Waals surface area contributed by atoms with E-state index < -0.39 is 12.0 Å². The van der Waals surface area contributed by atoms with Crippen molar-refractivity contribution in [2.45, 2.75) is 50.6 Å². The Morgan fingerprint density at radius 3 is 2.64 bits per heavy atom. The molecule has 1 atom stereocenters. The van der Waals surface area contributed by atoms with Crippen LogP contribution in [-0.2, 0) is 4.79 Å². The SMILES string of the molecule is C#CCC(NC1CCCCC1)C(=O)O. The molecule has 1 aliphatic rings. The molecule has 0 radical (unpaired) electrons. The second kappa shape index (κ2) is 5.66. The van der Waals surface area contributed by atoms with Crippen LogP contribution < -0.4 is 5.32 Å². The Bertz CT molecular complexity index is 226. The molecule has 14 heavy (non-hydrogen) atoms. The fraction of sp³-hybridized carbons (Fsp3) is 0.727. The summed E-state index contributed by atoms with van der Waals surface area (Å²) < 4.78 is 0. The van der Waals surface area contributed by atoms with Crippen LogP contribution in [0.1, 0.15) is 38.5 Å². The lowest BCUT2D eigenvalue weighted by atomic mass is 9.94. The molecule has 1 fully saturated rings. The van der Waals surface area contributed by atoms with Crippen LogP contribution in [0.3, 0.4) is 0 Å². The van der Waals surface area contributed by atoms with Gasteiger partial charge in [-0.15, -0.1) is 12.3 Å². The number of hydrogen-bond acceptors (Lipinski definition) is 2. The van der Waals surface area contributed by atoms with Gasteiger partial charge in [0.1, 0.15) is 6.04 Å². The number of carboxylic acid groups (broad SMARTS) is 1. The molecule has 0 heterocycles. The maximum atomic E-state index is 10.8. The van der Waals surface area contributed by atoms with Crippen LogP contribution in [0.4, 0.5) is 0 Å². The van der Waals surface area contributed by atoms with Crippen LogP contribution in [0.5, 0.6) is 0 Å². The van der Waals surface area contributed by atoms with Crippen LogP contribution in [0.15, 0.2) is 0 Å². The number of nitrogens with one attached hydrogen (secondary N) is 1. The van der Waals surface area contributed by atoms with Gasteiger partial charge >= 0.3 is 5.97 Å². The Labute approximate surface area is 84.9 Å². The summed E-state index contributed by atoms with van der Waals surface area (Å²) >= 11 is 0.